The van der Waals surface area contributed by atoms with Crippen molar-refractivity contribution in [3.63, 3.8) is 0 Å². The average Bonchev–Trinajstić information content (AvgIpc) is 2.83. The molecule has 0 radical (unpaired) electrons. The molecule has 4 nitrogen and oxygen atoms in total. The van der Waals surface area contributed by atoms with Crippen LogP contribution in [0.4, 0.5) is 0 Å². The zero-order valence-corrected chi connectivity index (χ0v) is 12.8. The SMILES string of the molecule is Cc1ccc(Br)cc1S(=O)(=O)NCc1nccs1. The normalized spacial score (nSPS) is 11.7. The molecule has 0 aliphatic carbocycles. The second kappa shape index (κ2) is 5.48. The molecular formula is C11H11BrN2O2S2. The van der Waals surface area contributed by atoms with Gasteiger partial charge in [-0.3, -0.25) is 0 Å². The summed E-state index contributed by atoms with van der Waals surface area (Å²) >= 11 is 4.69. The second-order valence-corrected chi connectivity index (χ2v) is 7.29. The van der Waals surface area contributed by atoms with Crippen LogP contribution in [0.1, 0.15) is 10.6 Å². The number of halogens is 1. The first kappa shape index (κ1) is 13.7. The third-order valence-electron chi connectivity index (χ3n) is 2.34. The van der Waals surface area contributed by atoms with E-state index in [2.05, 4.69) is 25.6 Å². The van der Waals surface area contributed by atoms with Crippen molar-refractivity contribution in [2.45, 2.75) is 18.4 Å². The number of rotatable bonds is 4. The van der Waals surface area contributed by atoms with Gasteiger partial charge in [0.25, 0.3) is 0 Å². The van der Waals surface area contributed by atoms with Gasteiger partial charge in [-0.2, -0.15) is 0 Å². The Morgan fingerprint density at radius 2 is 2.22 bits per heavy atom. The lowest BCUT2D eigenvalue weighted by Gasteiger charge is -2.08. The van der Waals surface area contributed by atoms with Crippen LogP contribution >= 0.6 is 27.3 Å². The summed E-state index contributed by atoms with van der Waals surface area (Å²) in [4.78, 5) is 4.32. The number of aromatic nitrogens is 1. The fourth-order valence-corrected chi connectivity index (χ4v) is 3.85. The summed E-state index contributed by atoms with van der Waals surface area (Å²) < 4.78 is 27.6. The Morgan fingerprint density at radius 1 is 1.44 bits per heavy atom. The van der Waals surface area contributed by atoms with Crippen LogP contribution in [0, 0.1) is 6.92 Å². The number of hydrogen-bond acceptors (Lipinski definition) is 4. The molecule has 96 valence electrons. The minimum Gasteiger partial charge on any atom is -0.248 e. The van der Waals surface area contributed by atoms with Crippen LogP contribution in [0.25, 0.3) is 0 Å². The van der Waals surface area contributed by atoms with Gasteiger partial charge in [0.2, 0.25) is 10.0 Å². The molecule has 0 fully saturated rings. The summed E-state index contributed by atoms with van der Waals surface area (Å²) in [7, 11) is -3.50. The van der Waals surface area contributed by atoms with Gasteiger partial charge < -0.3 is 0 Å². The van der Waals surface area contributed by atoms with Crippen molar-refractivity contribution in [1.29, 1.82) is 0 Å². The standard InChI is InChI=1S/C11H11BrN2O2S2/c1-8-2-3-9(12)6-10(8)18(15,16)14-7-11-13-4-5-17-11/h2-6,14H,7H2,1H3. The van der Waals surface area contributed by atoms with Crippen LogP contribution < -0.4 is 4.72 Å². The van der Waals surface area contributed by atoms with Gasteiger partial charge in [0.05, 0.1) is 11.4 Å². The van der Waals surface area contributed by atoms with Crippen molar-refractivity contribution < 1.29 is 8.42 Å². The number of aryl methyl sites for hydroxylation is 1. The maximum atomic E-state index is 12.1. The molecule has 0 atom stereocenters. The van der Waals surface area contributed by atoms with Crippen LogP contribution in [0.15, 0.2) is 39.1 Å². The van der Waals surface area contributed by atoms with E-state index in [-0.39, 0.29) is 11.4 Å². The topological polar surface area (TPSA) is 59.1 Å². The molecule has 0 saturated carbocycles. The van der Waals surface area contributed by atoms with Crippen molar-refractivity contribution >= 4 is 37.3 Å². The molecule has 1 heterocycles. The van der Waals surface area contributed by atoms with Crippen molar-refractivity contribution in [3.8, 4) is 0 Å². The molecule has 2 aromatic rings. The fraction of sp³-hybridized carbons (Fsp3) is 0.182. The summed E-state index contributed by atoms with van der Waals surface area (Å²) in [5.74, 6) is 0. The zero-order chi connectivity index (χ0) is 13.2. The quantitative estimate of drug-likeness (QED) is 0.925. The van der Waals surface area contributed by atoms with Crippen LogP contribution in [-0.4, -0.2) is 13.4 Å². The van der Waals surface area contributed by atoms with E-state index in [1.165, 1.54) is 11.3 Å². The Morgan fingerprint density at radius 3 is 2.89 bits per heavy atom. The van der Waals surface area contributed by atoms with Crippen molar-refractivity contribution in [2.75, 3.05) is 0 Å². The number of hydrogen-bond donors (Lipinski definition) is 1. The highest BCUT2D eigenvalue weighted by molar-refractivity contribution is 9.10. The van der Waals surface area contributed by atoms with E-state index in [1.54, 1.807) is 25.3 Å². The molecule has 0 amide bonds. The first-order valence-corrected chi connectivity index (χ1v) is 8.29. The highest BCUT2D eigenvalue weighted by Crippen LogP contribution is 2.20. The van der Waals surface area contributed by atoms with E-state index in [0.29, 0.717) is 5.56 Å². The number of nitrogens with one attached hydrogen (secondary N) is 1. The summed E-state index contributed by atoms with van der Waals surface area (Å²) in [6.07, 6.45) is 1.65. The molecule has 18 heavy (non-hydrogen) atoms. The van der Waals surface area contributed by atoms with Gasteiger partial charge >= 0.3 is 0 Å². The van der Waals surface area contributed by atoms with E-state index in [4.69, 9.17) is 0 Å². The van der Waals surface area contributed by atoms with Crippen LogP contribution in [-0.2, 0) is 16.6 Å². The van der Waals surface area contributed by atoms with Gasteiger partial charge in [0.1, 0.15) is 5.01 Å². The van der Waals surface area contributed by atoms with Gasteiger partial charge in [-0.25, -0.2) is 18.1 Å². The summed E-state index contributed by atoms with van der Waals surface area (Å²) in [6, 6.07) is 5.18. The smallest absolute Gasteiger partial charge is 0.241 e. The Labute approximate surface area is 118 Å². The lowest BCUT2D eigenvalue weighted by atomic mass is 10.2. The molecule has 1 aromatic carbocycles. The molecule has 0 aliphatic heterocycles. The molecule has 1 N–H and O–H groups in total. The maximum Gasteiger partial charge on any atom is 0.241 e. The number of benzene rings is 1. The predicted molar refractivity (Wildman–Crippen MR) is 75.0 cm³/mol. The van der Waals surface area contributed by atoms with Gasteiger partial charge in [0, 0.05) is 16.0 Å². The predicted octanol–water partition coefficient (Wildman–Crippen LogP) is 2.69. The molecule has 2 rings (SSSR count). The van der Waals surface area contributed by atoms with Crippen LogP contribution in [0.5, 0.6) is 0 Å². The monoisotopic (exact) mass is 346 g/mol. The largest absolute Gasteiger partial charge is 0.248 e. The average molecular weight is 347 g/mol. The molecule has 0 saturated heterocycles. The minimum absolute atomic E-state index is 0.214. The third kappa shape index (κ3) is 3.17. The van der Waals surface area contributed by atoms with E-state index in [9.17, 15) is 8.42 Å². The van der Waals surface area contributed by atoms with Gasteiger partial charge in [-0.15, -0.1) is 11.3 Å². The van der Waals surface area contributed by atoms with E-state index in [0.717, 1.165) is 9.48 Å². The molecule has 0 aliphatic rings. The Kier molecular flexibility index (Phi) is 4.16. The highest BCUT2D eigenvalue weighted by Gasteiger charge is 2.17. The van der Waals surface area contributed by atoms with Gasteiger partial charge in [-0.05, 0) is 24.6 Å². The van der Waals surface area contributed by atoms with Crippen LogP contribution in [0.3, 0.4) is 0 Å². The second-order valence-electron chi connectivity index (χ2n) is 3.66. The van der Waals surface area contributed by atoms with E-state index < -0.39 is 10.0 Å². The lowest BCUT2D eigenvalue weighted by molar-refractivity contribution is 0.580. The molecule has 1 aromatic heterocycles. The number of sulfonamides is 1. The molecule has 0 unspecified atom stereocenters. The first-order chi connectivity index (χ1) is 8.49. The number of nitrogens with zero attached hydrogens (tertiary/aromatic N) is 1. The minimum atomic E-state index is -3.50. The van der Waals surface area contributed by atoms with Crippen LogP contribution in [0.2, 0.25) is 0 Å². The summed E-state index contributed by atoms with van der Waals surface area (Å²) in [6.45, 7) is 1.98. The van der Waals surface area contributed by atoms with Crippen molar-refractivity contribution in [2.24, 2.45) is 0 Å². The lowest BCUT2D eigenvalue weighted by Crippen LogP contribution is -2.23. The van der Waals surface area contributed by atoms with E-state index in [1.807, 2.05) is 11.4 Å². The Balaban J connectivity index is 2.22. The van der Waals surface area contributed by atoms with Gasteiger partial charge in [0.15, 0.2) is 0 Å². The molecule has 0 bridgehead atoms. The van der Waals surface area contributed by atoms with Gasteiger partial charge in [-0.1, -0.05) is 22.0 Å². The van der Waals surface area contributed by atoms with E-state index >= 15 is 0 Å². The zero-order valence-electron chi connectivity index (χ0n) is 9.55. The summed E-state index contributed by atoms with van der Waals surface area (Å²) in [5.41, 5.74) is 0.713. The van der Waals surface area contributed by atoms with Crippen molar-refractivity contribution in [1.82, 2.24) is 9.71 Å². The number of thiazole rings is 1. The van der Waals surface area contributed by atoms with Crippen molar-refractivity contribution in [3.05, 3.63) is 44.8 Å². The Hall–Kier alpha value is -0.760. The highest BCUT2D eigenvalue weighted by atomic mass is 79.9. The molecular weight excluding hydrogens is 336 g/mol. The summed E-state index contributed by atoms with van der Waals surface area (Å²) in [5, 5.41) is 2.56. The fourth-order valence-electron chi connectivity index (χ4n) is 1.44. The molecule has 0 spiro atoms. The molecule has 7 heteroatoms. The first-order valence-electron chi connectivity index (χ1n) is 5.13. The Bertz CT molecular complexity index is 639. The third-order valence-corrected chi connectivity index (χ3v) is 5.15. The maximum absolute atomic E-state index is 12.1.